The van der Waals surface area contributed by atoms with Crippen LogP contribution in [0.3, 0.4) is 0 Å². The van der Waals surface area contributed by atoms with E-state index >= 15 is 0 Å². The topological polar surface area (TPSA) is 127 Å². The van der Waals surface area contributed by atoms with Gasteiger partial charge >= 0.3 is 0 Å². The first-order valence-corrected chi connectivity index (χ1v) is 4.31. The molecular weight excluding hydrogens is 206 g/mol. The summed E-state index contributed by atoms with van der Waals surface area (Å²) in [5.41, 5.74) is 0. The third kappa shape index (κ3) is 4.34. The molecule has 0 unspecified atom stereocenters. The summed E-state index contributed by atoms with van der Waals surface area (Å²) in [7, 11) is 0. The average Bonchev–Trinajstić information content (AvgIpc) is 2.22. The van der Waals surface area contributed by atoms with Crippen molar-refractivity contribution in [2.24, 2.45) is 0 Å². The second-order valence-corrected chi connectivity index (χ2v) is 3.09. The molecule has 0 bridgehead atoms. The van der Waals surface area contributed by atoms with Gasteiger partial charge in [0, 0.05) is 6.92 Å². The Balaban J connectivity index is 4.42. The summed E-state index contributed by atoms with van der Waals surface area (Å²) >= 11 is 0. The molecule has 7 nitrogen and oxygen atoms in total. The maximum Gasteiger partial charge on any atom is 0.217 e. The van der Waals surface area contributed by atoms with Crippen LogP contribution in [0.25, 0.3) is 0 Å². The molecule has 0 rings (SSSR count). The van der Waals surface area contributed by atoms with Crippen LogP contribution in [0.15, 0.2) is 0 Å². The zero-order chi connectivity index (χ0) is 12.0. The van der Waals surface area contributed by atoms with Gasteiger partial charge in [0.2, 0.25) is 5.91 Å². The largest absolute Gasteiger partial charge is 0.394 e. The highest BCUT2D eigenvalue weighted by Gasteiger charge is 2.31. The number of carbonyl (C=O) groups excluding carboxylic acids is 2. The summed E-state index contributed by atoms with van der Waals surface area (Å²) < 4.78 is 0. The van der Waals surface area contributed by atoms with E-state index in [0.29, 0.717) is 0 Å². The minimum Gasteiger partial charge on any atom is -0.394 e. The number of hydrogen-bond acceptors (Lipinski definition) is 6. The fourth-order valence-corrected chi connectivity index (χ4v) is 0.983. The van der Waals surface area contributed by atoms with Crippen LogP contribution in [0.1, 0.15) is 6.92 Å². The lowest BCUT2D eigenvalue weighted by molar-refractivity contribution is -0.129. The third-order valence-corrected chi connectivity index (χ3v) is 1.82. The van der Waals surface area contributed by atoms with Crippen LogP contribution in [0.5, 0.6) is 0 Å². The summed E-state index contributed by atoms with van der Waals surface area (Å²) in [6.07, 6.45) is -4.72. The first-order valence-electron chi connectivity index (χ1n) is 4.31. The van der Waals surface area contributed by atoms with Crippen molar-refractivity contribution in [3.05, 3.63) is 0 Å². The van der Waals surface area contributed by atoms with Crippen molar-refractivity contribution in [1.82, 2.24) is 5.32 Å². The van der Waals surface area contributed by atoms with Crippen molar-refractivity contribution in [2.75, 3.05) is 6.61 Å². The fourth-order valence-electron chi connectivity index (χ4n) is 0.983. The Kier molecular flexibility index (Phi) is 6.02. The second-order valence-electron chi connectivity index (χ2n) is 3.09. The zero-order valence-electron chi connectivity index (χ0n) is 8.20. The van der Waals surface area contributed by atoms with Gasteiger partial charge in [0.1, 0.15) is 30.6 Å². The maximum atomic E-state index is 10.6. The minimum absolute atomic E-state index is 0.235. The van der Waals surface area contributed by atoms with Gasteiger partial charge in [-0.05, 0) is 0 Å². The summed E-state index contributed by atoms with van der Waals surface area (Å²) in [4.78, 5) is 21.1. The van der Waals surface area contributed by atoms with E-state index in [1.165, 1.54) is 0 Å². The Bertz CT molecular complexity index is 221. The number of amides is 1. The minimum atomic E-state index is -1.71. The molecule has 4 atom stereocenters. The Morgan fingerprint density at radius 3 is 2.20 bits per heavy atom. The molecule has 15 heavy (non-hydrogen) atoms. The van der Waals surface area contributed by atoms with E-state index in [-0.39, 0.29) is 6.29 Å². The van der Waals surface area contributed by atoms with E-state index in [4.69, 9.17) is 10.2 Å². The number of nitrogens with one attached hydrogen (secondary N) is 1. The van der Waals surface area contributed by atoms with Gasteiger partial charge in [-0.15, -0.1) is 0 Å². The lowest BCUT2D eigenvalue weighted by atomic mass is 10.0. The standard InChI is InChI=1S/C8H15NO6/c1-4(12)9-5(2-10)7(14)8(15)6(13)3-11/h2,5-8,11,13-15H,3H2,1H3,(H,9,12)/t5-,6-,7-,8-/m0/s1. The van der Waals surface area contributed by atoms with Crippen LogP contribution in [0.4, 0.5) is 0 Å². The number of aldehydes is 1. The molecule has 5 N–H and O–H groups in total. The molecule has 0 saturated carbocycles. The molecule has 0 heterocycles. The first kappa shape index (κ1) is 14.0. The van der Waals surface area contributed by atoms with Gasteiger partial charge in [-0.3, -0.25) is 4.79 Å². The molecule has 0 fully saturated rings. The van der Waals surface area contributed by atoms with Gasteiger partial charge in [-0.1, -0.05) is 0 Å². The molecule has 0 saturated heterocycles. The molecule has 0 aliphatic rings. The van der Waals surface area contributed by atoms with Crippen LogP contribution in [0, 0.1) is 0 Å². The summed E-state index contributed by atoms with van der Waals surface area (Å²) in [6.45, 7) is 0.377. The summed E-state index contributed by atoms with van der Waals surface area (Å²) in [5, 5.41) is 38.2. The Morgan fingerprint density at radius 2 is 1.87 bits per heavy atom. The number of carbonyl (C=O) groups is 2. The highest BCUT2D eigenvalue weighted by atomic mass is 16.4. The SMILES string of the molecule is CC(=O)N[C@@H](C=O)[C@H](O)[C@@H](O)[C@@H](O)CO. The fraction of sp³-hybridized carbons (Fsp3) is 0.750. The lowest BCUT2D eigenvalue weighted by Crippen LogP contribution is -2.53. The van der Waals surface area contributed by atoms with Gasteiger partial charge in [-0.2, -0.15) is 0 Å². The van der Waals surface area contributed by atoms with Gasteiger partial charge in [0.15, 0.2) is 0 Å². The van der Waals surface area contributed by atoms with Crippen molar-refractivity contribution < 1.29 is 30.0 Å². The van der Waals surface area contributed by atoms with Crippen molar-refractivity contribution in [3.63, 3.8) is 0 Å². The molecule has 1 amide bonds. The molecule has 0 aromatic rings. The predicted molar refractivity (Wildman–Crippen MR) is 48.8 cm³/mol. The molecule has 0 radical (unpaired) electrons. The van der Waals surface area contributed by atoms with Crippen LogP contribution < -0.4 is 5.32 Å². The lowest BCUT2D eigenvalue weighted by Gasteiger charge is -2.25. The van der Waals surface area contributed by atoms with Gasteiger partial charge in [0.05, 0.1) is 6.61 Å². The molecule has 0 spiro atoms. The molecule has 0 aliphatic carbocycles. The van der Waals surface area contributed by atoms with Crippen LogP contribution in [-0.2, 0) is 9.59 Å². The summed E-state index contributed by atoms with van der Waals surface area (Å²) in [5.74, 6) is -0.558. The molecular formula is C8H15NO6. The summed E-state index contributed by atoms with van der Waals surface area (Å²) in [6, 6.07) is -1.32. The van der Waals surface area contributed by atoms with Crippen molar-refractivity contribution in [3.8, 4) is 0 Å². The van der Waals surface area contributed by atoms with Gasteiger partial charge in [-0.25, -0.2) is 0 Å². The smallest absolute Gasteiger partial charge is 0.217 e. The number of hydrogen-bond donors (Lipinski definition) is 5. The zero-order valence-corrected chi connectivity index (χ0v) is 8.20. The number of aliphatic hydroxyl groups excluding tert-OH is 4. The van der Waals surface area contributed by atoms with E-state index in [1.54, 1.807) is 0 Å². The molecule has 88 valence electrons. The van der Waals surface area contributed by atoms with E-state index in [0.717, 1.165) is 6.92 Å². The molecule has 0 aromatic heterocycles. The van der Waals surface area contributed by atoms with Crippen LogP contribution in [-0.4, -0.2) is 63.6 Å². The number of aliphatic hydroxyl groups is 4. The van der Waals surface area contributed by atoms with Crippen LogP contribution >= 0.6 is 0 Å². The Morgan fingerprint density at radius 1 is 1.33 bits per heavy atom. The van der Waals surface area contributed by atoms with Crippen molar-refractivity contribution in [1.29, 1.82) is 0 Å². The Labute approximate surface area is 86.3 Å². The van der Waals surface area contributed by atoms with Gasteiger partial charge < -0.3 is 30.5 Å². The normalized spacial score (nSPS) is 18.7. The van der Waals surface area contributed by atoms with Gasteiger partial charge in [0.25, 0.3) is 0 Å². The average molecular weight is 221 g/mol. The highest BCUT2D eigenvalue weighted by Crippen LogP contribution is 2.03. The van der Waals surface area contributed by atoms with E-state index in [1.807, 2.05) is 0 Å². The van der Waals surface area contributed by atoms with E-state index < -0.39 is 36.9 Å². The van der Waals surface area contributed by atoms with Crippen LogP contribution in [0.2, 0.25) is 0 Å². The predicted octanol–water partition coefficient (Wildman–Crippen LogP) is -3.23. The molecule has 0 aromatic carbocycles. The first-order chi connectivity index (χ1) is 6.93. The third-order valence-electron chi connectivity index (χ3n) is 1.82. The molecule has 0 aliphatic heterocycles. The van der Waals surface area contributed by atoms with Crippen molar-refractivity contribution >= 4 is 12.2 Å². The monoisotopic (exact) mass is 221 g/mol. The number of rotatable bonds is 6. The van der Waals surface area contributed by atoms with E-state index in [2.05, 4.69) is 5.32 Å². The highest BCUT2D eigenvalue weighted by molar-refractivity contribution is 5.77. The maximum absolute atomic E-state index is 10.6. The van der Waals surface area contributed by atoms with Crippen molar-refractivity contribution in [2.45, 2.75) is 31.3 Å². The molecule has 7 heteroatoms. The van der Waals surface area contributed by atoms with E-state index in [9.17, 15) is 19.8 Å². The second kappa shape index (κ2) is 6.46. The Hall–Kier alpha value is -1.02. The quantitative estimate of drug-likeness (QED) is 0.300.